The summed E-state index contributed by atoms with van der Waals surface area (Å²) in [7, 11) is 1.17. The first kappa shape index (κ1) is 15.4. The second-order valence-electron chi connectivity index (χ2n) is 4.39. The molecule has 0 aliphatic carbocycles. The van der Waals surface area contributed by atoms with Gasteiger partial charge in [-0.15, -0.1) is 0 Å². The molecule has 9 nitrogen and oxygen atoms in total. The first-order chi connectivity index (χ1) is 10.5. The lowest BCUT2D eigenvalue weighted by atomic mass is 10.1. The summed E-state index contributed by atoms with van der Waals surface area (Å²) >= 11 is 0. The Balaban J connectivity index is 2.08. The lowest BCUT2D eigenvalue weighted by Crippen LogP contribution is -2.09. The van der Waals surface area contributed by atoms with Crippen LogP contribution in [0.1, 0.15) is 22.1 Å². The Morgan fingerprint density at radius 2 is 2.27 bits per heavy atom. The molecule has 0 radical (unpaired) electrons. The van der Waals surface area contributed by atoms with E-state index in [4.69, 9.17) is 4.52 Å². The molecule has 0 bridgehead atoms. The van der Waals surface area contributed by atoms with E-state index in [9.17, 15) is 14.9 Å². The van der Waals surface area contributed by atoms with Crippen LogP contribution < -0.4 is 5.32 Å². The third-order valence-corrected chi connectivity index (χ3v) is 2.84. The molecule has 0 unspecified atom stereocenters. The Labute approximate surface area is 125 Å². The fraction of sp³-hybridized carbons (Fsp3) is 0.308. The fourth-order valence-corrected chi connectivity index (χ4v) is 1.83. The van der Waals surface area contributed by atoms with E-state index >= 15 is 0 Å². The number of hydrogen-bond donors (Lipinski definition) is 1. The standard InChI is InChI=1S/C13H14N4O5/c1-8-15-12(22-16-8)5-6-14-9-3-4-11(17(19)20)10(7-9)13(18)21-2/h3-4,7,14H,5-6H2,1-2H3. The van der Waals surface area contributed by atoms with Crippen molar-refractivity contribution in [2.75, 3.05) is 19.0 Å². The van der Waals surface area contributed by atoms with Crippen molar-refractivity contribution in [3.05, 3.63) is 45.6 Å². The Kier molecular flexibility index (Phi) is 4.66. The van der Waals surface area contributed by atoms with Crippen LogP contribution in [-0.2, 0) is 11.2 Å². The summed E-state index contributed by atoms with van der Waals surface area (Å²) in [5, 5.41) is 17.6. The maximum Gasteiger partial charge on any atom is 0.344 e. The molecule has 0 atom stereocenters. The first-order valence-corrected chi connectivity index (χ1v) is 6.41. The molecule has 1 heterocycles. The highest BCUT2D eigenvalue weighted by atomic mass is 16.6. The van der Waals surface area contributed by atoms with Crippen LogP contribution in [0.3, 0.4) is 0 Å². The van der Waals surface area contributed by atoms with Crippen LogP contribution in [0.2, 0.25) is 0 Å². The highest BCUT2D eigenvalue weighted by Crippen LogP contribution is 2.23. The lowest BCUT2D eigenvalue weighted by Gasteiger charge is -2.07. The van der Waals surface area contributed by atoms with Gasteiger partial charge in [-0.3, -0.25) is 10.1 Å². The van der Waals surface area contributed by atoms with Crippen LogP contribution >= 0.6 is 0 Å². The number of carbonyl (C=O) groups excluding carboxylic acids is 1. The summed E-state index contributed by atoms with van der Waals surface area (Å²) in [6, 6.07) is 4.15. The average Bonchev–Trinajstić information content (AvgIpc) is 2.91. The van der Waals surface area contributed by atoms with Crippen LogP contribution in [0, 0.1) is 17.0 Å². The SMILES string of the molecule is COC(=O)c1cc(NCCc2nc(C)no2)ccc1[N+](=O)[O-]. The smallest absolute Gasteiger partial charge is 0.344 e. The highest BCUT2D eigenvalue weighted by molar-refractivity contribution is 5.95. The molecule has 0 saturated carbocycles. The summed E-state index contributed by atoms with van der Waals surface area (Å²) in [6.45, 7) is 2.19. The molecule has 1 aromatic heterocycles. The number of benzene rings is 1. The van der Waals surface area contributed by atoms with Crippen LogP contribution in [0.25, 0.3) is 0 Å². The van der Waals surface area contributed by atoms with Gasteiger partial charge in [-0.2, -0.15) is 4.98 Å². The van der Waals surface area contributed by atoms with E-state index in [0.29, 0.717) is 30.4 Å². The molecule has 0 aliphatic rings. The molecule has 116 valence electrons. The number of nitro benzene ring substituents is 1. The molecule has 22 heavy (non-hydrogen) atoms. The number of nitro groups is 1. The van der Waals surface area contributed by atoms with Crippen molar-refractivity contribution >= 4 is 17.3 Å². The van der Waals surface area contributed by atoms with Gasteiger partial charge in [-0.1, -0.05) is 5.16 Å². The zero-order chi connectivity index (χ0) is 16.1. The third kappa shape index (κ3) is 3.57. The number of aromatic nitrogens is 2. The minimum absolute atomic E-state index is 0.105. The lowest BCUT2D eigenvalue weighted by molar-refractivity contribution is -0.385. The summed E-state index contributed by atoms with van der Waals surface area (Å²) < 4.78 is 9.52. The van der Waals surface area contributed by atoms with Crippen molar-refractivity contribution in [3.8, 4) is 0 Å². The molecule has 0 spiro atoms. The van der Waals surface area contributed by atoms with Gasteiger partial charge in [0.1, 0.15) is 5.56 Å². The van der Waals surface area contributed by atoms with E-state index in [1.165, 1.54) is 25.3 Å². The Morgan fingerprint density at radius 1 is 1.50 bits per heavy atom. The fourth-order valence-electron chi connectivity index (χ4n) is 1.83. The molecular weight excluding hydrogens is 292 g/mol. The topological polar surface area (TPSA) is 120 Å². The van der Waals surface area contributed by atoms with Crippen molar-refractivity contribution in [3.63, 3.8) is 0 Å². The molecule has 2 aromatic rings. The maximum atomic E-state index is 11.6. The average molecular weight is 306 g/mol. The number of aryl methyl sites for hydroxylation is 1. The quantitative estimate of drug-likeness (QED) is 0.486. The van der Waals surface area contributed by atoms with E-state index in [2.05, 4.69) is 20.2 Å². The van der Waals surface area contributed by atoms with E-state index in [0.717, 1.165) is 0 Å². The summed E-state index contributed by atoms with van der Waals surface area (Å²) in [5.41, 5.74) is 0.151. The van der Waals surface area contributed by atoms with E-state index < -0.39 is 10.9 Å². The monoisotopic (exact) mass is 306 g/mol. The van der Waals surface area contributed by atoms with Crippen molar-refractivity contribution in [1.29, 1.82) is 0 Å². The molecular formula is C13H14N4O5. The largest absolute Gasteiger partial charge is 0.465 e. The molecule has 2 rings (SSSR count). The molecule has 9 heteroatoms. The molecule has 0 aliphatic heterocycles. The number of ether oxygens (including phenoxy) is 1. The molecule has 0 fully saturated rings. The Bertz CT molecular complexity index is 697. The first-order valence-electron chi connectivity index (χ1n) is 6.41. The van der Waals surface area contributed by atoms with Gasteiger partial charge in [0.25, 0.3) is 5.69 Å². The third-order valence-electron chi connectivity index (χ3n) is 2.84. The van der Waals surface area contributed by atoms with Crippen molar-refractivity contribution in [1.82, 2.24) is 10.1 Å². The number of anilines is 1. The van der Waals surface area contributed by atoms with E-state index in [-0.39, 0.29) is 11.3 Å². The van der Waals surface area contributed by atoms with Gasteiger partial charge in [0.15, 0.2) is 5.82 Å². The second kappa shape index (κ2) is 6.66. The van der Waals surface area contributed by atoms with Gasteiger partial charge in [0.2, 0.25) is 5.89 Å². The minimum Gasteiger partial charge on any atom is -0.465 e. The van der Waals surface area contributed by atoms with Crippen molar-refractivity contribution in [2.24, 2.45) is 0 Å². The summed E-state index contributed by atoms with van der Waals surface area (Å²) in [4.78, 5) is 25.9. The number of methoxy groups -OCH3 is 1. The predicted octanol–water partition coefficient (Wildman–Crippen LogP) is 1.73. The van der Waals surface area contributed by atoms with Crippen LogP contribution in [0.4, 0.5) is 11.4 Å². The number of nitrogens with one attached hydrogen (secondary N) is 1. The van der Waals surface area contributed by atoms with Gasteiger partial charge in [0.05, 0.1) is 12.0 Å². The van der Waals surface area contributed by atoms with Crippen molar-refractivity contribution < 1.29 is 19.0 Å². The molecule has 0 saturated heterocycles. The maximum absolute atomic E-state index is 11.6. The molecule has 0 amide bonds. The van der Waals surface area contributed by atoms with Gasteiger partial charge < -0.3 is 14.6 Å². The number of esters is 1. The van der Waals surface area contributed by atoms with E-state index in [1.807, 2.05) is 0 Å². The van der Waals surface area contributed by atoms with Crippen LogP contribution in [-0.4, -0.2) is 34.7 Å². The summed E-state index contributed by atoms with van der Waals surface area (Å²) in [5.74, 6) is 0.279. The molecule has 1 N–H and O–H groups in total. The zero-order valence-electron chi connectivity index (χ0n) is 12.0. The number of rotatable bonds is 6. The number of hydrogen-bond acceptors (Lipinski definition) is 8. The number of carbonyl (C=O) groups is 1. The Morgan fingerprint density at radius 3 is 2.86 bits per heavy atom. The van der Waals surface area contributed by atoms with E-state index in [1.54, 1.807) is 6.92 Å². The van der Waals surface area contributed by atoms with Gasteiger partial charge in [-0.25, -0.2) is 4.79 Å². The highest BCUT2D eigenvalue weighted by Gasteiger charge is 2.21. The second-order valence-corrected chi connectivity index (χ2v) is 4.39. The predicted molar refractivity (Wildman–Crippen MR) is 75.7 cm³/mol. The normalized spacial score (nSPS) is 10.3. The van der Waals surface area contributed by atoms with Gasteiger partial charge in [0, 0.05) is 24.7 Å². The van der Waals surface area contributed by atoms with Crippen LogP contribution in [0.15, 0.2) is 22.7 Å². The minimum atomic E-state index is -0.761. The molecule has 1 aromatic carbocycles. The van der Waals surface area contributed by atoms with Gasteiger partial charge in [-0.05, 0) is 19.1 Å². The van der Waals surface area contributed by atoms with Crippen molar-refractivity contribution in [2.45, 2.75) is 13.3 Å². The van der Waals surface area contributed by atoms with Gasteiger partial charge >= 0.3 is 5.97 Å². The Hall–Kier alpha value is -2.97. The summed E-state index contributed by atoms with van der Waals surface area (Å²) in [6.07, 6.45) is 0.491. The number of nitrogens with zero attached hydrogens (tertiary/aromatic N) is 3. The van der Waals surface area contributed by atoms with Crippen LogP contribution in [0.5, 0.6) is 0 Å². The zero-order valence-corrected chi connectivity index (χ0v) is 12.0.